The van der Waals surface area contributed by atoms with E-state index in [4.69, 9.17) is 9.47 Å². The van der Waals surface area contributed by atoms with Crippen LogP contribution >= 0.6 is 0 Å². The number of ether oxygens (including phenoxy) is 2. The van der Waals surface area contributed by atoms with Crippen LogP contribution in [0.1, 0.15) is 66.1 Å². The van der Waals surface area contributed by atoms with Gasteiger partial charge < -0.3 is 30.7 Å². The van der Waals surface area contributed by atoms with Gasteiger partial charge >= 0.3 is 0 Å². The number of carbonyl (C=O) groups is 4. The van der Waals surface area contributed by atoms with E-state index in [0.717, 1.165) is 22.3 Å². The number of carbonyl (C=O) groups excluding carboxylic acids is 4. The summed E-state index contributed by atoms with van der Waals surface area (Å²) in [5, 5.41) is 15.7. The third kappa shape index (κ3) is 5.69. The van der Waals surface area contributed by atoms with E-state index in [2.05, 4.69) is 31.3 Å². The average Bonchev–Trinajstić information content (AvgIpc) is 3.67. The smallest absolute Gasteiger partial charge is 0.270 e. The van der Waals surface area contributed by atoms with Crippen LogP contribution in [0.3, 0.4) is 0 Å². The fourth-order valence-corrected chi connectivity index (χ4v) is 5.57. The fraction of sp³-hybridized carbons (Fsp3) is 0.290. The molecule has 0 bridgehead atoms. The number of aromatic nitrogens is 3. The number of rotatable bonds is 9. The molecule has 0 unspecified atom stereocenters. The Morgan fingerprint density at radius 2 is 1.95 bits per heavy atom. The molecule has 13 heteroatoms. The van der Waals surface area contributed by atoms with Gasteiger partial charge in [0.15, 0.2) is 12.3 Å². The Morgan fingerprint density at radius 1 is 1.09 bits per heavy atom. The molecule has 2 aromatic carbocycles. The molecule has 0 saturated heterocycles. The molecule has 13 nitrogen and oxygen atoms in total. The van der Waals surface area contributed by atoms with Crippen molar-refractivity contribution in [2.45, 2.75) is 32.4 Å². The van der Waals surface area contributed by atoms with Crippen LogP contribution in [0.15, 0.2) is 48.7 Å². The van der Waals surface area contributed by atoms with Gasteiger partial charge in [0.05, 0.1) is 24.5 Å². The number of benzene rings is 2. The van der Waals surface area contributed by atoms with Crippen molar-refractivity contribution in [1.82, 2.24) is 30.5 Å². The summed E-state index contributed by atoms with van der Waals surface area (Å²) in [5.41, 5.74) is 5.35. The van der Waals surface area contributed by atoms with Gasteiger partial charge in [-0.2, -0.15) is 5.10 Å². The van der Waals surface area contributed by atoms with Crippen LogP contribution in [-0.4, -0.2) is 65.1 Å². The standard InChI is InChI=1S/C31H31N7O6/c1-17-19-6-7-22(21(19)5-4-20(17)29(40)32-11-12-43-2)37-31(42)25-14-24(35-27-9-10-34-38(25)27)30(41)33-15-18-3-8-26-23(13-18)36-28(39)16-44-26/h3-5,8-10,13-14,22H,6-7,11-12,15-16H2,1-2H3,(H,32,40)(H,33,41)(H,36,39)(H,37,42)/t22-/m0/s1. The highest BCUT2D eigenvalue weighted by Crippen LogP contribution is 2.35. The first-order chi connectivity index (χ1) is 21.3. The summed E-state index contributed by atoms with van der Waals surface area (Å²) in [5.74, 6) is -0.723. The Kier molecular flexibility index (Phi) is 7.94. The summed E-state index contributed by atoms with van der Waals surface area (Å²) < 4.78 is 11.8. The number of methoxy groups -OCH3 is 1. The van der Waals surface area contributed by atoms with E-state index in [1.165, 1.54) is 16.8 Å². The Hall–Kier alpha value is -5.30. The maximum atomic E-state index is 13.6. The normalized spacial score (nSPS) is 15.1. The third-order valence-electron chi connectivity index (χ3n) is 7.79. The maximum absolute atomic E-state index is 13.6. The quantitative estimate of drug-likeness (QED) is 0.213. The zero-order valence-corrected chi connectivity index (χ0v) is 24.2. The lowest BCUT2D eigenvalue weighted by Crippen LogP contribution is -2.31. The lowest BCUT2D eigenvalue weighted by Gasteiger charge is -2.18. The van der Waals surface area contributed by atoms with Crippen LogP contribution in [0.25, 0.3) is 5.65 Å². The predicted octanol–water partition coefficient (Wildman–Crippen LogP) is 2.09. The van der Waals surface area contributed by atoms with Gasteiger partial charge in [0.1, 0.15) is 17.1 Å². The molecule has 0 spiro atoms. The molecular formula is C31H31N7O6. The lowest BCUT2D eigenvalue weighted by molar-refractivity contribution is -0.118. The highest BCUT2D eigenvalue weighted by Gasteiger charge is 2.29. The average molecular weight is 598 g/mol. The number of hydrogen-bond donors (Lipinski definition) is 4. The van der Waals surface area contributed by atoms with Crippen molar-refractivity contribution in [2.24, 2.45) is 0 Å². The van der Waals surface area contributed by atoms with Crippen LogP contribution in [0.2, 0.25) is 0 Å². The molecule has 4 aromatic rings. The molecule has 1 aliphatic heterocycles. The van der Waals surface area contributed by atoms with Crippen molar-refractivity contribution in [2.75, 3.05) is 32.2 Å². The molecule has 0 fully saturated rings. The first-order valence-electron chi connectivity index (χ1n) is 14.2. The van der Waals surface area contributed by atoms with Gasteiger partial charge in [0.25, 0.3) is 23.6 Å². The van der Waals surface area contributed by atoms with E-state index in [0.29, 0.717) is 48.6 Å². The highest BCUT2D eigenvalue weighted by molar-refractivity contribution is 5.99. The van der Waals surface area contributed by atoms with E-state index >= 15 is 0 Å². The second-order valence-electron chi connectivity index (χ2n) is 10.6. The highest BCUT2D eigenvalue weighted by atomic mass is 16.5. The van der Waals surface area contributed by atoms with Crippen molar-refractivity contribution in [3.63, 3.8) is 0 Å². The first kappa shape index (κ1) is 28.8. The number of amides is 4. The van der Waals surface area contributed by atoms with Crippen molar-refractivity contribution in [3.8, 4) is 5.75 Å². The van der Waals surface area contributed by atoms with Crippen LogP contribution in [0, 0.1) is 6.92 Å². The van der Waals surface area contributed by atoms with Gasteiger partial charge in [-0.1, -0.05) is 12.1 Å². The minimum atomic E-state index is -0.473. The Bertz CT molecular complexity index is 1800. The molecule has 0 radical (unpaired) electrons. The van der Waals surface area contributed by atoms with E-state index in [1.807, 2.05) is 13.0 Å². The van der Waals surface area contributed by atoms with Crippen LogP contribution in [-0.2, 0) is 22.5 Å². The molecule has 3 heterocycles. The maximum Gasteiger partial charge on any atom is 0.270 e. The second-order valence-corrected chi connectivity index (χ2v) is 10.6. The number of fused-ring (bicyclic) bond motifs is 3. The zero-order chi connectivity index (χ0) is 30.8. The Balaban J connectivity index is 1.17. The van der Waals surface area contributed by atoms with Gasteiger partial charge in [-0.05, 0) is 60.2 Å². The largest absolute Gasteiger partial charge is 0.482 e. The second kappa shape index (κ2) is 12.1. The fourth-order valence-electron chi connectivity index (χ4n) is 5.57. The molecule has 0 saturated carbocycles. The Morgan fingerprint density at radius 3 is 2.80 bits per heavy atom. The van der Waals surface area contributed by atoms with Crippen molar-refractivity contribution < 1.29 is 28.7 Å². The summed E-state index contributed by atoms with van der Waals surface area (Å²) >= 11 is 0. The number of hydrogen-bond acceptors (Lipinski definition) is 8. The molecule has 4 N–H and O–H groups in total. The molecule has 44 heavy (non-hydrogen) atoms. The summed E-state index contributed by atoms with van der Waals surface area (Å²) in [6, 6.07) is 11.7. The molecule has 6 rings (SSSR count). The summed E-state index contributed by atoms with van der Waals surface area (Å²) in [6.07, 6.45) is 2.90. The minimum Gasteiger partial charge on any atom is -0.482 e. The molecule has 226 valence electrons. The molecule has 1 aliphatic carbocycles. The number of nitrogens with zero attached hydrogens (tertiary/aromatic N) is 3. The number of nitrogens with one attached hydrogen (secondary N) is 4. The van der Waals surface area contributed by atoms with E-state index in [1.54, 1.807) is 37.4 Å². The van der Waals surface area contributed by atoms with Crippen molar-refractivity contribution in [3.05, 3.63) is 87.9 Å². The summed E-state index contributed by atoms with van der Waals surface area (Å²) in [7, 11) is 1.58. The van der Waals surface area contributed by atoms with Gasteiger partial charge in [-0.25, -0.2) is 9.50 Å². The predicted molar refractivity (Wildman–Crippen MR) is 159 cm³/mol. The SMILES string of the molecule is COCCNC(=O)c1ccc2c(c1C)CC[C@@H]2NC(=O)c1cc(C(=O)NCc2ccc3c(c2)NC(=O)CO3)nc2ccnn12. The van der Waals surface area contributed by atoms with Gasteiger partial charge in [-0.15, -0.1) is 0 Å². The molecule has 1 atom stereocenters. The number of anilines is 1. The topological polar surface area (TPSA) is 165 Å². The Labute approximate surface area is 252 Å². The lowest BCUT2D eigenvalue weighted by atomic mass is 9.97. The molecule has 4 amide bonds. The molecule has 2 aromatic heterocycles. The first-order valence-corrected chi connectivity index (χ1v) is 14.2. The van der Waals surface area contributed by atoms with E-state index in [-0.39, 0.29) is 42.4 Å². The monoisotopic (exact) mass is 597 g/mol. The third-order valence-corrected chi connectivity index (χ3v) is 7.79. The van der Waals surface area contributed by atoms with Crippen LogP contribution in [0.5, 0.6) is 5.75 Å². The molecule has 2 aliphatic rings. The van der Waals surface area contributed by atoms with Crippen molar-refractivity contribution >= 4 is 35.0 Å². The van der Waals surface area contributed by atoms with E-state index < -0.39 is 11.8 Å². The summed E-state index contributed by atoms with van der Waals surface area (Å²) in [4.78, 5) is 55.4. The molecular weight excluding hydrogens is 566 g/mol. The van der Waals surface area contributed by atoms with Gasteiger partial charge in [-0.3, -0.25) is 19.2 Å². The van der Waals surface area contributed by atoms with E-state index in [9.17, 15) is 19.2 Å². The van der Waals surface area contributed by atoms with Gasteiger partial charge in [0, 0.05) is 37.9 Å². The minimum absolute atomic E-state index is 0.0377. The van der Waals surface area contributed by atoms with Crippen LogP contribution in [0.4, 0.5) is 5.69 Å². The van der Waals surface area contributed by atoms with Gasteiger partial charge in [0.2, 0.25) is 0 Å². The zero-order valence-electron chi connectivity index (χ0n) is 24.2. The van der Waals surface area contributed by atoms with Crippen molar-refractivity contribution in [1.29, 1.82) is 0 Å². The summed E-state index contributed by atoms with van der Waals surface area (Å²) in [6.45, 7) is 2.89. The van der Waals surface area contributed by atoms with Crippen LogP contribution < -0.4 is 26.0 Å².